The number of carbonyl (C=O) groups is 1. The third-order valence-corrected chi connectivity index (χ3v) is 4.23. The molecule has 0 aromatic heterocycles. The maximum absolute atomic E-state index is 11.9. The molecule has 1 heterocycles. The Balaban J connectivity index is 1.70. The molecule has 0 fully saturated rings. The smallest absolute Gasteiger partial charge is 0.325 e. The molecular weight excluding hydrogens is 294 g/mol. The van der Waals surface area contributed by atoms with Gasteiger partial charge in [0.2, 0.25) is 0 Å². The fourth-order valence-electron chi connectivity index (χ4n) is 2.88. The second-order valence-electron chi connectivity index (χ2n) is 6.07. The molecule has 2 rings (SSSR count). The van der Waals surface area contributed by atoms with Crippen LogP contribution in [0, 0.1) is 0 Å². The van der Waals surface area contributed by atoms with Gasteiger partial charge in [0, 0.05) is 17.5 Å². The molecule has 0 radical (unpaired) electrons. The maximum atomic E-state index is 11.9. The number of benzene rings is 1. The second kappa shape index (κ2) is 9.01. The van der Waals surface area contributed by atoms with Gasteiger partial charge in [0.05, 0.1) is 0 Å². The number of unbranched alkanes of at least 4 members (excludes halogenated alkanes) is 6. The molecule has 5 nitrogen and oxygen atoms in total. The summed E-state index contributed by atoms with van der Waals surface area (Å²) in [6.45, 7) is 2.19. The van der Waals surface area contributed by atoms with Crippen molar-refractivity contribution in [1.29, 1.82) is 0 Å². The van der Waals surface area contributed by atoms with Gasteiger partial charge in [0.25, 0.3) is 0 Å². The Morgan fingerprint density at radius 3 is 2.09 bits per heavy atom. The first-order valence-corrected chi connectivity index (χ1v) is 8.59. The fourth-order valence-corrected chi connectivity index (χ4v) is 2.88. The number of carbonyl (C=O) groups excluding carboxylic acids is 1. The highest BCUT2D eigenvalue weighted by Crippen LogP contribution is 2.39. The van der Waals surface area contributed by atoms with Gasteiger partial charge in [0.1, 0.15) is 0 Å². The summed E-state index contributed by atoms with van der Waals surface area (Å²) in [5, 5.41) is 21.2. The lowest BCUT2D eigenvalue weighted by atomic mass is 10.1. The molecule has 1 aromatic carbocycles. The molecule has 0 saturated carbocycles. The third kappa shape index (κ3) is 4.77. The van der Waals surface area contributed by atoms with Crippen molar-refractivity contribution in [3.63, 3.8) is 0 Å². The largest absolute Gasteiger partial charge is 0.371 e. The zero-order valence-corrected chi connectivity index (χ0v) is 13.8. The molecule has 0 saturated heterocycles. The van der Waals surface area contributed by atoms with Crippen LogP contribution in [-0.4, -0.2) is 21.2 Å². The summed E-state index contributed by atoms with van der Waals surface area (Å²) in [5.41, 5.74) is 1.15. The lowest BCUT2D eigenvalue weighted by Gasteiger charge is -2.22. The van der Waals surface area contributed by atoms with Crippen molar-refractivity contribution in [1.82, 2.24) is 5.06 Å². The number of aliphatic hydroxyl groups is 2. The number of hydroxylamine groups is 2. The van der Waals surface area contributed by atoms with Gasteiger partial charge in [0.15, 0.2) is 12.5 Å². The minimum absolute atomic E-state index is 0.306. The molecule has 2 unspecified atom stereocenters. The number of rotatable bonds is 9. The predicted octanol–water partition coefficient (Wildman–Crippen LogP) is 3.58. The molecule has 0 spiro atoms. The van der Waals surface area contributed by atoms with Crippen molar-refractivity contribution in [2.24, 2.45) is 0 Å². The van der Waals surface area contributed by atoms with Crippen LogP contribution in [0.4, 0.5) is 0 Å². The molecule has 1 aliphatic heterocycles. The van der Waals surface area contributed by atoms with Crippen LogP contribution in [-0.2, 0) is 9.63 Å². The van der Waals surface area contributed by atoms with E-state index in [0.717, 1.165) is 24.3 Å². The molecule has 0 bridgehead atoms. The maximum Gasteiger partial charge on any atom is 0.325 e. The molecular formula is C18H27NO4. The summed E-state index contributed by atoms with van der Waals surface area (Å²) in [6.07, 6.45) is 5.96. The monoisotopic (exact) mass is 321 g/mol. The lowest BCUT2D eigenvalue weighted by molar-refractivity contribution is -0.279. The zero-order valence-electron chi connectivity index (χ0n) is 13.8. The highest BCUT2D eigenvalue weighted by atomic mass is 16.7. The van der Waals surface area contributed by atoms with E-state index in [1.165, 1.54) is 25.7 Å². The van der Waals surface area contributed by atoms with Gasteiger partial charge in [-0.2, -0.15) is 0 Å². The van der Waals surface area contributed by atoms with Crippen LogP contribution in [0.15, 0.2) is 24.3 Å². The Morgan fingerprint density at radius 2 is 1.52 bits per heavy atom. The van der Waals surface area contributed by atoms with E-state index in [0.29, 0.717) is 17.5 Å². The standard InChI is InChI=1S/C18H27NO4/c1-2-3-4-5-6-7-8-13-16(20)23-19-17(21)14-11-9-10-12-15(14)18(19)22/h9-12,17-18,21-22H,2-8,13H2,1H3. The van der Waals surface area contributed by atoms with Crippen LogP contribution in [0.25, 0.3) is 0 Å². The van der Waals surface area contributed by atoms with Gasteiger partial charge < -0.3 is 15.1 Å². The lowest BCUT2D eigenvalue weighted by Crippen LogP contribution is -2.29. The van der Waals surface area contributed by atoms with Crippen molar-refractivity contribution in [2.75, 3.05) is 0 Å². The van der Waals surface area contributed by atoms with E-state index in [9.17, 15) is 15.0 Å². The molecule has 2 N–H and O–H groups in total. The van der Waals surface area contributed by atoms with Gasteiger partial charge >= 0.3 is 5.97 Å². The normalized spacial score (nSPS) is 20.5. The Bertz CT molecular complexity index is 477. The topological polar surface area (TPSA) is 70.0 Å². The van der Waals surface area contributed by atoms with Crippen LogP contribution in [0.5, 0.6) is 0 Å². The van der Waals surface area contributed by atoms with E-state index in [2.05, 4.69) is 6.92 Å². The minimum atomic E-state index is -1.11. The van der Waals surface area contributed by atoms with Crippen molar-refractivity contribution < 1.29 is 19.8 Å². The van der Waals surface area contributed by atoms with Gasteiger partial charge in [-0.05, 0) is 6.42 Å². The summed E-state index contributed by atoms with van der Waals surface area (Å²) in [7, 11) is 0. The Hall–Kier alpha value is -1.43. The average Bonchev–Trinajstić information content (AvgIpc) is 2.79. The summed E-state index contributed by atoms with van der Waals surface area (Å²) in [4.78, 5) is 17.0. The van der Waals surface area contributed by atoms with E-state index in [4.69, 9.17) is 4.84 Å². The van der Waals surface area contributed by atoms with Crippen LogP contribution in [0.1, 0.15) is 81.9 Å². The van der Waals surface area contributed by atoms with Crippen molar-refractivity contribution in [3.05, 3.63) is 35.4 Å². The van der Waals surface area contributed by atoms with E-state index < -0.39 is 18.4 Å². The molecule has 128 valence electrons. The molecule has 0 amide bonds. The average molecular weight is 321 g/mol. The number of hydrogen-bond donors (Lipinski definition) is 2. The summed E-state index contributed by atoms with van der Waals surface area (Å²) in [6, 6.07) is 6.98. The van der Waals surface area contributed by atoms with Gasteiger partial charge in [-0.25, -0.2) is 0 Å². The minimum Gasteiger partial charge on any atom is -0.371 e. The molecule has 1 aromatic rings. The first-order valence-electron chi connectivity index (χ1n) is 8.59. The molecule has 23 heavy (non-hydrogen) atoms. The van der Waals surface area contributed by atoms with Gasteiger partial charge in [-0.15, -0.1) is 0 Å². The molecule has 2 atom stereocenters. The number of aliphatic hydroxyl groups excluding tert-OH is 2. The Morgan fingerprint density at radius 1 is 1.00 bits per heavy atom. The zero-order chi connectivity index (χ0) is 16.7. The van der Waals surface area contributed by atoms with E-state index in [1.807, 2.05) is 0 Å². The summed E-state index contributed by atoms with van der Waals surface area (Å²) < 4.78 is 0. The van der Waals surface area contributed by atoms with Gasteiger partial charge in [-0.1, -0.05) is 74.8 Å². The van der Waals surface area contributed by atoms with Crippen LogP contribution < -0.4 is 0 Å². The summed E-state index contributed by atoms with van der Waals surface area (Å²) >= 11 is 0. The highest BCUT2D eigenvalue weighted by Gasteiger charge is 2.39. The fraction of sp³-hybridized carbons (Fsp3) is 0.611. The summed E-state index contributed by atoms with van der Waals surface area (Å²) in [5.74, 6) is -0.413. The van der Waals surface area contributed by atoms with Crippen molar-refractivity contribution in [2.45, 2.75) is 70.7 Å². The van der Waals surface area contributed by atoms with Crippen LogP contribution in [0.2, 0.25) is 0 Å². The quantitative estimate of drug-likeness (QED) is 0.680. The second-order valence-corrected chi connectivity index (χ2v) is 6.07. The first-order chi connectivity index (χ1) is 11.1. The highest BCUT2D eigenvalue weighted by molar-refractivity contribution is 5.69. The van der Waals surface area contributed by atoms with E-state index in [-0.39, 0.29) is 0 Å². The van der Waals surface area contributed by atoms with Crippen LogP contribution >= 0.6 is 0 Å². The number of hydrogen-bond acceptors (Lipinski definition) is 5. The third-order valence-electron chi connectivity index (χ3n) is 4.23. The SMILES string of the molecule is CCCCCCCCCC(=O)ON1C(O)c2ccccc2C1O. The molecule has 5 heteroatoms. The Labute approximate surface area is 137 Å². The van der Waals surface area contributed by atoms with Crippen molar-refractivity contribution >= 4 is 5.97 Å². The molecule has 0 aliphatic carbocycles. The Kier molecular flexibility index (Phi) is 7.02. The number of fused-ring (bicyclic) bond motifs is 1. The first kappa shape index (κ1) is 17.9. The van der Waals surface area contributed by atoms with Gasteiger partial charge in [-0.3, -0.25) is 4.79 Å². The molecule has 1 aliphatic rings. The van der Waals surface area contributed by atoms with E-state index >= 15 is 0 Å². The predicted molar refractivity (Wildman–Crippen MR) is 86.9 cm³/mol. The van der Waals surface area contributed by atoms with Crippen molar-refractivity contribution in [3.8, 4) is 0 Å². The van der Waals surface area contributed by atoms with E-state index in [1.54, 1.807) is 24.3 Å². The number of nitrogens with zero attached hydrogens (tertiary/aromatic N) is 1. The van der Waals surface area contributed by atoms with Crippen LogP contribution in [0.3, 0.4) is 0 Å².